The van der Waals surface area contributed by atoms with Crippen LogP contribution in [0.2, 0.25) is 0 Å². The van der Waals surface area contributed by atoms with Gasteiger partial charge in [0.2, 0.25) is 5.91 Å². The number of nitrogens with zero attached hydrogens (tertiary/aromatic N) is 1. The number of hydrogen-bond donors (Lipinski definition) is 1. The largest absolute Gasteiger partial charge is 0.481 e. The van der Waals surface area contributed by atoms with E-state index in [2.05, 4.69) is 15.9 Å². The summed E-state index contributed by atoms with van der Waals surface area (Å²) >= 11 is 3.35. The van der Waals surface area contributed by atoms with E-state index in [0.717, 1.165) is 10.0 Å². The van der Waals surface area contributed by atoms with Gasteiger partial charge in [-0.05, 0) is 31.5 Å². The third-order valence-corrected chi connectivity index (χ3v) is 3.56. The second kappa shape index (κ2) is 7.28. The Balaban J connectivity index is 2.73. The molecule has 0 aliphatic rings. The van der Waals surface area contributed by atoms with E-state index in [-0.39, 0.29) is 24.8 Å². The van der Waals surface area contributed by atoms with E-state index in [1.807, 2.05) is 38.1 Å². The molecule has 104 valence electrons. The van der Waals surface area contributed by atoms with Crippen molar-refractivity contribution in [1.82, 2.24) is 4.90 Å². The summed E-state index contributed by atoms with van der Waals surface area (Å²) in [6.45, 7) is 4.47. The quantitative estimate of drug-likeness (QED) is 0.874. The molecule has 0 radical (unpaired) electrons. The minimum atomic E-state index is -0.887. The Morgan fingerprint density at radius 1 is 1.32 bits per heavy atom. The van der Waals surface area contributed by atoms with Crippen molar-refractivity contribution in [2.45, 2.75) is 26.2 Å². The fourth-order valence-electron chi connectivity index (χ4n) is 1.82. The van der Waals surface area contributed by atoms with Crippen LogP contribution < -0.4 is 0 Å². The van der Waals surface area contributed by atoms with Crippen LogP contribution in [-0.4, -0.2) is 35.0 Å². The second-order valence-electron chi connectivity index (χ2n) is 4.33. The molecule has 0 aliphatic heterocycles. The predicted molar refractivity (Wildman–Crippen MR) is 77.1 cm³/mol. The summed E-state index contributed by atoms with van der Waals surface area (Å²) in [5.74, 6) is -1.18. The minimum Gasteiger partial charge on any atom is -0.481 e. The van der Waals surface area contributed by atoms with Crippen molar-refractivity contribution in [2.24, 2.45) is 0 Å². The third kappa shape index (κ3) is 4.67. The molecule has 0 aliphatic carbocycles. The van der Waals surface area contributed by atoms with Crippen LogP contribution in [0.1, 0.15) is 31.7 Å². The van der Waals surface area contributed by atoms with Crippen LogP contribution in [0.5, 0.6) is 0 Å². The maximum absolute atomic E-state index is 12.3. The molecule has 1 aromatic rings. The fraction of sp³-hybridized carbons (Fsp3) is 0.429. The smallest absolute Gasteiger partial charge is 0.305 e. The Kier molecular flexibility index (Phi) is 6.02. The first kappa shape index (κ1) is 15.7. The van der Waals surface area contributed by atoms with Gasteiger partial charge in [-0.2, -0.15) is 0 Å². The molecule has 4 nitrogen and oxygen atoms in total. The number of benzene rings is 1. The standard InChI is InChI=1S/C14H18BrNO3/c1-3-16(9-8-13(17)18)14(19)10(2)11-4-6-12(15)7-5-11/h4-7,10H,3,8-9H2,1-2H3,(H,17,18). The maximum atomic E-state index is 12.3. The number of carbonyl (C=O) groups excluding carboxylic acids is 1. The summed E-state index contributed by atoms with van der Waals surface area (Å²) in [6.07, 6.45) is -0.0212. The molecule has 1 atom stereocenters. The van der Waals surface area contributed by atoms with Crippen LogP contribution in [-0.2, 0) is 9.59 Å². The van der Waals surface area contributed by atoms with Gasteiger partial charge in [0.25, 0.3) is 0 Å². The average molecular weight is 328 g/mol. The molecule has 0 bridgehead atoms. The normalized spacial score (nSPS) is 11.9. The fourth-order valence-corrected chi connectivity index (χ4v) is 2.09. The summed E-state index contributed by atoms with van der Waals surface area (Å²) in [5, 5.41) is 8.68. The molecule has 0 aromatic heterocycles. The van der Waals surface area contributed by atoms with E-state index in [0.29, 0.717) is 6.54 Å². The molecular formula is C14H18BrNO3. The first-order chi connectivity index (χ1) is 8.95. The lowest BCUT2D eigenvalue weighted by Gasteiger charge is -2.24. The highest BCUT2D eigenvalue weighted by Gasteiger charge is 2.21. The molecule has 1 rings (SSSR count). The van der Waals surface area contributed by atoms with Crippen LogP contribution in [0.15, 0.2) is 28.7 Å². The van der Waals surface area contributed by atoms with Crippen molar-refractivity contribution in [1.29, 1.82) is 0 Å². The van der Waals surface area contributed by atoms with E-state index in [1.165, 1.54) is 0 Å². The van der Waals surface area contributed by atoms with E-state index < -0.39 is 5.97 Å². The highest BCUT2D eigenvalue weighted by molar-refractivity contribution is 9.10. The number of carbonyl (C=O) groups is 2. The van der Waals surface area contributed by atoms with Gasteiger partial charge >= 0.3 is 5.97 Å². The summed E-state index contributed by atoms with van der Waals surface area (Å²) < 4.78 is 0.967. The molecule has 0 saturated carbocycles. The number of rotatable bonds is 6. The molecule has 0 spiro atoms. The van der Waals surface area contributed by atoms with Gasteiger partial charge in [0.15, 0.2) is 0 Å². The van der Waals surface area contributed by atoms with Gasteiger partial charge in [-0.25, -0.2) is 0 Å². The molecule has 0 saturated heterocycles. The number of carboxylic acids is 1. The van der Waals surface area contributed by atoms with Crippen molar-refractivity contribution in [3.8, 4) is 0 Å². The maximum Gasteiger partial charge on any atom is 0.305 e. The van der Waals surface area contributed by atoms with Crippen molar-refractivity contribution < 1.29 is 14.7 Å². The van der Waals surface area contributed by atoms with Crippen molar-refractivity contribution in [3.63, 3.8) is 0 Å². The molecule has 1 N–H and O–H groups in total. The third-order valence-electron chi connectivity index (χ3n) is 3.03. The van der Waals surface area contributed by atoms with Gasteiger partial charge in [-0.15, -0.1) is 0 Å². The number of likely N-dealkylation sites (N-methyl/N-ethyl adjacent to an activating group) is 1. The van der Waals surface area contributed by atoms with Gasteiger partial charge < -0.3 is 10.0 Å². The summed E-state index contributed by atoms with van der Waals surface area (Å²) in [5.41, 5.74) is 0.932. The molecule has 19 heavy (non-hydrogen) atoms. The lowest BCUT2D eigenvalue weighted by atomic mass is 10.00. The monoisotopic (exact) mass is 327 g/mol. The van der Waals surface area contributed by atoms with Crippen LogP contribution in [0.4, 0.5) is 0 Å². The van der Waals surface area contributed by atoms with Gasteiger partial charge in [0.1, 0.15) is 0 Å². The number of hydrogen-bond acceptors (Lipinski definition) is 2. The van der Waals surface area contributed by atoms with Gasteiger partial charge in [-0.3, -0.25) is 9.59 Å². The number of amides is 1. The lowest BCUT2D eigenvalue weighted by Crippen LogP contribution is -2.35. The van der Waals surface area contributed by atoms with Crippen molar-refractivity contribution >= 4 is 27.8 Å². The highest BCUT2D eigenvalue weighted by atomic mass is 79.9. The first-order valence-corrected chi connectivity index (χ1v) is 7.01. The molecular weight excluding hydrogens is 310 g/mol. The second-order valence-corrected chi connectivity index (χ2v) is 5.25. The molecule has 5 heteroatoms. The van der Waals surface area contributed by atoms with Crippen LogP contribution in [0.25, 0.3) is 0 Å². The zero-order chi connectivity index (χ0) is 14.4. The van der Waals surface area contributed by atoms with Gasteiger partial charge in [-0.1, -0.05) is 28.1 Å². The Morgan fingerprint density at radius 3 is 2.37 bits per heavy atom. The zero-order valence-corrected chi connectivity index (χ0v) is 12.7. The zero-order valence-electron chi connectivity index (χ0n) is 11.1. The van der Waals surface area contributed by atoms with Gasteiger partial charge in [0, 0.05) is 17.6 Å². The van der Waals surface area contributed by atoms with Crippen molar-refractivity contribution in [3.05, 3.63) is 34.3 Å². The van der Waals surface area contributed by atoms with Crippen LogP contribution >= 0.6 is 15.9 Å². The predicted octanol–water partition coefficient (Wildman–Crippen LogP) is 2.88. The molecule has 1 unspecified atom stereocenters. The summed E-state index contributed by atoms with van der Waals surface area (Å²) in [7, 11) is 0. The lowest BCUT2D eigenvalue weighted by molar-refractivity contribution is -0.138. The topological polar surface area (TPSA) is 57.6 Å². The highest BCUT2D eigenvalue weighted by Crippen LogP contribution is 2.20. The summed E-state index contributed by atoms with van der Waals surface area (Å²) in [4.78, 5) is 24.5. The minimum absolute atomic E-state index is 0.0212. The SMILES string of the molecule is CCN(CCC(=O)O)C(=O)C(C)c1ccc(Br)cc1. The Hall–Kier alpha value is -1.36. The molecule has 0 heterocycles. The number of halogens is 1. The molecule has 1 aromatic carbocycles. The van der Waals surface area contributed by atoms with Crippen LogP contribution in [0, 0.1) is 0 Å². The first-order valence-electron chi connectivity index (χ1n) is 6.21. The average Bonchev–Trinajstić information content (AvgIpc) is 2.39. The Morgan fingerprint density at radius 2 is 1.89 bits per heavy atom. The Labute approximate surface area is 121 Å². The molecule has 0 fully saturated rings. The summed E-state index contributed by atoms with van der Waals surface area (Å²) in [6, 6.07) is 7.59. The van der Waals surface area contributed by atoms with Crippen molar-refractivity contribution in [2.75, 3.05) is 13.1 Å². The van der Waals surface area contributed by atoms with E-state index in [9.17, 15) is 9.59 Å². The molecule has 1 amide bonds. The Bertz CT molecular complexity index is 445. The number of carboxylic acid groups (broad SMARTS) is 1. The van der Waals surface area contributed by atoms with E-state index >= 15 is 0 Å². The van der Waals surface area contributed by atoms with Gasteiger partial charge in [0.05, 0.1) is 12.3 Å². The van der Waals surface area contributed by atoms with Crippen LogP contribution in [0.3, 0.4) is 0 Å². The van der Waals surface area contributed by atoms with E-state index in [1.54, 1.807) is 4.90 Å². The van der Waals surface area contributed by atoms with E-state index in [4.69, 9.17) is 5.11 Å². The number of aliphatic carboxylic acids is 1.